The van der Waals surface area contributed by atoms with Crippen LogP contribution in [0.2, 0.25) is 0 Å². The molecule has 80 valence electrons. The van der Waals surface area contributed by atoms with Crippen LogP contribution in [0.3, 0.4) is 0 Å². The third kappa shape index (κ3) is 3.47. The van der Waals surface area contributed by atoms with Crippen LogP contribution in [-0.4, -0.2) is 24.4 Å². The van der Waals surface area contributed by atoms with E-state index in [1.807, 2.05) is 13.8 Å². The summed E-state index contributed by atoms with van der Waals surface area (Å²) < 4.78 is 15.2. The van der Waals surface area contributed by atoms with Crippen molar-refractivity contribution in [3.8, 4) is 24.1 Å². The number of hydrogen-bond donors (Lipinski definition) is 0. The number of rotatable bonds is 2. The standard InChI is InChI=1S/C12H14O3/c1-11(9-14-11)5-3-7-13-8-4-6-12(2)10-15-12/h5-6,9-10H2,1-2H3. The van der Waals surface area contributed by atoms with Gasteiger partial charge in [-0.3, -0.25) is 0 Å². The molecule has 3 heteroatoms. The molecule has 2 unspecified atom stereocenters. The minimum atomic E-state index is -0.0287. The van der Waals surface area contributed by atoms with Gasteiger partial charge in [0.2, 0.25) is 0 Å². The largest absolute Gasteiger partial charge is 0.369 e. The first-order chi connectivity index (χ1) is 7.12. The summed E-state index contributed by atoms with van der Waals surface area (Å²) in [7, 11) is 0. The molecule has 0 N–H and O–H groups in total. The molecule has 2 atom stereocenters. The van der Waals surface area contributed by atoms with E-state index in [4.69, 9.17) is 14.2 Å². The van der Waals surface area contributed by atoms with E-state index in [1.54, 1.807) is 0 Å². The first-order valence-corrected chi connectivity index (χ1v) is 5.02. The Morgan fingerprint density at radius 2 is 1.40 bits per heavy atom. The van der Waals surface area contributed by atoms with Crippen LogP contribution in [0.1, 0.15) is 26.7 Å². The van der Waals surface area contributed by atoms with Gasteiger partial charge in [0.05, 0.1) is 24.4 Å². The fourth-order valence-corrected chi connectivity index (χ4v) is 0.994. The molecule has 2 heterocycles. The van der Waals surface area contributed by atoms with E-state index in [1.165, 1.54) is 0 Å². The van der Waals surface area contributed by atoms with E-state index >= 15 is 0 Å². The number of hydrogen-bond acceptors (Lipinski definition) is 3. The van der Waals surface area contributed by atoms with Crippen molar-refractivity contribution in [1.29, 1.82) is 0 Å². The van der Waals surface area contributed by atoms with Crippen LogP contribution >= 0.6 is 0 Å². The minimum Gasteiger partial charge on any atom is -0.369 e. The molecule has 2 aliphatic heterocycles. The van der Waals surface area contributed by atoms with Gasteiger partial charge < -0.3 is 14.2 Å². The van der Waals surface area contributed by atoms with Crippen molar-refractivity contribution < 1.29 is 14.2 Å². The predicted molar refractivity (Wildman–Crippen MR) is 54.6 cm³/mol. The van der Waals surface area contributed by atoms with E-state index in [0.717, 1.165) is 13.2 Å². The molecule has 0 aromatic rings. The highest BCUT2D eigenvalue weighted by atomic mass is 16.6. The Morgan fingerprint density at radius 1 is 1.00 bits per heavy atom. The van der Waals surface area contributed by atoms with Crippen LogP contribution in [0.4, 0.5) is 0 Å². The zero-order chi connectivity index (χ0) is 10.8. The van der Waals surface area contributed by atoms with Gasteiger partial charge in [-0.05, 0) is 13.8 Å². The van der Waals surface area contributed by atoms with Crippen molar-refractivity contribution in [2.75, 3.05) is 13.2 Å². The maximum Gasteiger partial charge on any atom is 0.130 e. The summed E-state index contributed by atoms with van der Waals surface area (Å²) in [6.45, 7) is 5.64. The van der Waals surface area contributed by atoms with E-state index in [0.29, 0.717) is 12.8 Å². The Balaban J connectivity index is 1.60. The SMILES string of the molecule is CC1(CC#COC#CCC2(C)CO2)CO1. The first-order valence-electron chi connectivity index (χ1n) is 5.02. The average Bonchev–Trinajstić information content (AvgIpc) is 3.08. The highest BCUT2D eigenvalue weighted by Gasteiger charge is 2.38. The van der Waals surface area contributed by atoms with Crippen LogP contribution in [0, 0.1) is 24.1 Å². The Bertz CT molecular complexity index is 320. The molecule has 0 saturated carbocycles. The van der Waals surface area contributed by atoms with Gasteiger partial charge in [0.1, 0.15) is 12.2 Å². The molecule has 0 aromatic carbocycles. The molecule has 0 radical (unpaired) electrons. The van der Waals surface area contributed by atoms with E-state index in [9.17, 15) is 0 Å². The second-order valence-corrected chi connectivity index (χ2v) is 4.49. The summed E-state index contributed by atoms with van der Waals surface area (Å²) in [6.07, 6.45) is 6.50. The van der Waals surface area contributed by atoms with Gasteiger partial charge in [-0.1, -0.05) is 11.8 Å². The van der Waals surface area contributed by atoms with Crippen LogP contribution < -0.4 is 0 Å². The van der Waals surface area contributed by atoms with Gasteiger partial charge in [0.15, 0.2) is 0 Å². The summed E-state index contributed by atoms with van der Waals surface area (Å²) in [6, 6.07) is 0. The van der Waals surface area contributed by atoms with Crippen molar-refractivity contribution in [3.05, 3.63) is 0 Å². The monoisotopic (exact) mass is 206 g/mol. The second kappa shape index (κ2) is 3.77. The van der Waals surface area contributed by atoms with Crippen molar-refractivity contribution >= 4 is 0 Å². The van der Waals surface area contributed by atoms with Gasteiger partial charge in [-0.25, -0.2) is 0 Å². The quantitative estimate of drug-likeness (QED) is 0.504. The molecule has 2 fully saturated rings. The van der Waals surface area contributed by atoms with Crippen molar-refractivity contribution in [2.24, 2.45) is 0 Å². The maximum absolute atomic E-state index is 5.17. The molecular formula is C12H14O3. The molecule has 0 aromatic heterocycles. The van der Waals surface area contributed by atoms with E-state index in [2.05, 4.69) is 24.1 Å². The summed E-state index contributed by atoms with van der Waals surface area (Å²) in [5, 5.41) is 0. The molecule has 0 spiro atoms. The average molecular weight is 206 g/mol. The molecule has 0 amide bonds. The van der Waals surface area contributed by atoms with E-state index in [-0.39, 0.29) is 11.2 Å². The summed E-state index contributed by atoms with van der Waals surface area (Å²) >= 11 is 0. The topological polar surface area (TPSA) is 34.3 Å². The number of epoxide rings is 2. The Morgan fingerprint density at radius 3 is 1.73 bits per heavy atom. The molecule has 0 aliphatic carbocycles. The van der Waals surface area contributed by atoms with Crippen LogP contribution in [0.5, 0.6) is 0 Å². The zero-order valence-electron chi connectivity index (χ0n) is 9.05. The second-order valence-electron chi connectivity index (χ2n) is 4.49. The number of ether oxygens (including phenoxy) is 3. The first kappa shape index (κ1) is 10.4. The van der Waals surface area contributed by atoms with Crippen LogP contribution in [-0.2, 0) is 14.2 Å². The fraction of sp³-hybridized carbons (Fsp3) is 0.667. The zero-order valence-corrected chi connectivity index (χ0v) is 9.05. The van der Waals surface area contributed by atoms with Gasteiger partial charge >= 0.3 is 0 Å². The van der Waals surface area contributed by atoms with E-state index < -0.39 is 0 Å². The smallest absolute Gasteiger partial charge is 0.130 e. The summed E-state index contributed by atoms with van der Waals surface area (Å²) in [5.74, 6) is 5.74. The van der Waals surface area contributed by atoms with Gasteiger partial charge in [0, 0.05) is 12.8 Å². The Labute approximate surface area is 90.1 Å². The lowest BCUT2D eigenvalue weighted by atomic mass is 10.1. The minimum absolute atomic E-state index is 0.0287. The highest BCUT2D eigenvalue weighted by molar-refractivity contribution is 5.07. The van der Waals surface area contributed by atoms with Crippen LogP contribution in [0.25, 0.3) is 0 Å². The fourth-order valence-electron chi connectivity index (χ4n) is 0.994. The molecule has 2 rings (SSSR count). The van der Waals surface area contributed by atoms with Crippen molar-refractivity contribution in [1.82, 2.24) is 0 Å². The normalized spacial score (nSPS) is 35.6. The highest BCUT2D eigenvalue weighted by Crippen LogP contribution is 2.29. The van der Waals surface area contributed by atoms with Crippen LogP contribution in [0.15, 0.2) is 0 Å². The summed E-state index contributed by atoms with van der Waals surface area (Å²) in [4.78, 5) is 0. The maximum atomic E-state index is 5.17. The van der Waals surface area contributed by atoms with Gasteiger partial charge in [0.25, 0.3) is 0 Å². The predicted octanol–water partition coefficient (Wildman–Crippen LogP) is 1.28. The van der Waals surface area contributed by atoms with Crippen molar-refractivity contribution in [3.63, 3.8) is 0 Å². The Kier molecular flexibility index (Phi) is 2.61. The summed E-state index contributed by atoms with van der Waals surface area (Å²) in [5.41, 5.74) is -0.0573. The van der Waals surface area contributed by atoms with Gasteiger partial charge in [-0.15, -0.1) is 0 Å². The molecule has 0 bridgehead atoms. The molecular weight excluding hydrogens is 192 g/mol. The third-order valence-electron chi connectivity index (χ3n) is 2.45. The van der Waals surface area contributed by atoms with Crippen molar-refractivity contribution in [2.45, 2.75) is 37.9 Å². The molecule has 2 saturated heterocycles. The molecule has 2 aliphatic rings. The van der Waals surface area contributed by atoms with Gasteiger partial charge in [-0.2, -0.15) is 0 Å². The lowest BCUT2D eigenvalue weighted by molar-refractivity contribution is 0.327. The Hall–Kier alpha value is -1.16. The lowest BCUT2D eigenvalue weighted by Crippen LogP contribution is -2.01. The molecule has 15 heavy (non-hydrogen) atoms. The third-order valence-corrected chi connectivity index (χ3v) is 2.45. The molecule has 3 nitrogen and oxygen atoms in total. The lowest BCUT2D eigenvalue weighted by Gasteiger charge is -1.93.